The molecule has 0 fully saturated rings. The third-order valence-electron chi connectivity index (χ3n) is 1.69. The first-order chi connectivity index (χ1) is 6.56. The maximum absolute atomic E-state index is 11.0. The maximum atomic E-state index is 11.0. The molecule has 0 radical (unpaired) electrons. The van der Waals surface area contributed by atoms with Crippen LogP contribution in [0.25, 0.3) is 0 Å². The van der Waals surface area contributed by atoms with Crippen LogP contribution < -0.4 is 5.32 Å². The molecule has 0 bridgehead atoms. The van der Waals surface area contributed by atoms with Gasteiger partial charge in [0.25, 0.3) is 0 Å². The van der Waals surface area contributed by atoms with Crippen LogP contribution in [0.4, 0.5) is 0 Å². The molecule has 0 aromatic carbocycles. The van der Waals surface area contributed by atoms with E-state index in [4.69, 9.17) is 0 Å². The van der Waals surface area contributed by atoms with Crippen molar-refractivity contribution in [3.63, 3.8) is 0 Å². The van der Waals surface area contributed by atoms with E-state index in [2.05, 4.69) is 5.32 Å². The summed E-state index contributed by atoms with van der Waals surface area (Å²) in [4.78, 5) is 32.6. The predicted molar refractivity (Wildman–Crippen MR) is 52.8 cm³/mol. The molecule has 0 rings (SSSR count). The summed E-state index contributed by atoms with van der Waals surface area (Å²) in [5, 5.41) is 2.44. The zero-order chi connectivity index (χ0) is 11.0. The van der Waals surface area contributed by atoms with Crippen molar-refractivity contribution < 1.29 is 14.4 Å². The van der Waals surface area contributed by atoms with Crippen molar-refractivity contribution in [2.75, 3.05) is 6.54 Å². The molecule has 0 saturated heterocycles. The third-order valence-corrected chi connectivity index (χ3v) is 1.69. The minimum atomic E-state index is -0.232. The van der Waals surface area contributed by atoms with E-state index < -0.39 is 0 Å². The zero-order valence-corrected chi connectivity index (χ0v) is 8.76. The van der Waals surface area contributed by atoms with Gasteiger partial charge in [-0.15, -0.1) is 0 Å². The Bertz CT molecular complexity index is 223. The molecule has 0 aliphatic carbocycles. The van der Waals surface area contributed by atoms with Crippen molar-refractivity contribution in [2.45, 2.75) is 39.5 Å². The lowest BCUT2D eigenvalue weighted by atomic mass is 10.1. The van der Waals surface area contributed by atoms with Crippen LogP contribution in [0, 0.1) is 0 Å². The summed E-state index contributed by atoms with van der Waals surface area (Å²) >= 11 is 0. The van der Waals surface area contributed by atoms with E-state index in [9.17, 15) is 14.4 Å². The molecule has 0 heterocycles. The van der Waals surface area contributed by atoms with Crippen LogP contribution in [0.3, 0.4) is 0 Å². The van der Waals surface area contributed by atoms with Crippen molar-refractivity contribution in [2.24, 2.45) is 0 Å². The number of rotatable bonds is 7. The van der Waals surface area contributed by atoms with Crippen molar-refractivity contribution in [1.82, 2.24) is 5.32 Å². The van der Waals surface area contributed by atoms with E-state index in [1.807, 2.05) is 6.92 Å². The fraction of sp³-hybridized carbons (Fsp3) is 0.700. The fourth-order valence-electron chi connectivity index (χ4n) is 0.968. The number of hydrogen-bond acceptors (Lipinski definition) is 3. The highest BCUT2D eigenvalue weighted by Gasteiger charge is 2.06. The van der Waals surface area contributed by atoms with Gasteiger partial charge in [0.05, 0.1) is 6.54 Å². The van der Waals surface area contributed by atoms with E-state index in [0.717, 1.165) is 6.42 Å². The first-order valence-corrected chi connectivity index (χ1v) is 4.84. The standard InChI is InChI=1S/C10H17NO3/c1-3-4-9(13)5-6-10(14)11-7-8(2)12/h3-7H2,1-2H3,(H,11,14). The highest BCUT2D eigenvalue weighted by molar-refractivity contribution is 5.87. The number of ketones is 2. The molecule has 0 aromatic heterocycles. The van der Waals surface area contributed by atoms with Gasteiger partial charge < -0.3 is 5.32 Å². The molecule has 0 aliphatic heterocycles. The number of Topliss-reactive ketones (excluding diaryl/α,β-unsaturated/α-hetero) is 2. The Balaban J connectivity index is 3.53. The lowest BCUT2D eigenvalue weighted by Crippen LogP contribution is -2.28. The largest absolute Gasteiger partial charge is 0.349 e. The van der Waals surface area contributed by atoms with Crippen molar-refractivity contribution in [3.8, 4) is 0 Å². The molecule has 0 unspecified atom stereocenters. The van der Waals surface area contributed by atoms with E-state index >= 15 is 0 Å². The molecule has 80 valence electrons. The fourth-order valence-corrected chi connectivity index (χ4v) is 0.968. The average Bonchev–Trinajstić information content (AvgIpc) is 2.12. The Morgan fingerprint density at radius 2 is 1.71 bits per heavy atom. The molecular weight excluding hydrogens is 182 g/mol. The van der Waals surface area contributed by atoms with Gasteiger partial charge in [-0.1, -0.05) is 6.92 Å². The third kappa shape index (κ3) is 7.46. The van der Waals surface area contributed by atoms with Crippen LogP contribution in [-0.4, -0.2) is 24.0 Å². The minimum Gasteiger partial charge on any atom is -0.349 e. The summed E-state index contributed by atoms with van der Waals surface area (Å²) in [5.74, 6) is -0.214. The van der Waals surface area contributed by atoms with Crippen LogP contribution in [0.2, 0.25) is 0 Å². The molecule has 0 atom stereocenters. The minimum absolute atomic E-state index is 0.0564. The van der Waals surface area contributed by atoms with Crippen molar-refractivity contribution >= 4 is 17.5 Å². The molecule has 1 amide bonds. The molecule has 4 heteroatoms. The highest BCUT2D eigenvalue weighted by atomic mass is 16.2. The summed E-state index contributed by atoms with van der Waals surface area (Å²) < 4.78 is 0. The zero-order valence-electron chi connectivity index (χ0n) is 8.76. The van der Waals surface area contributed by atoms with Gasteiger partial charge in [-0.05, 0) is 13.3 Å². The lowest BCUT2D eigenvalue weighted by molar-refractivity contribution is -0.126. The van der Waals surface area contributed by atoms with E-state index in [-0.39, 0.29) is 36.9 Å². The summed E-state index contributed by atoms with van der Waals surface area (Å²) in [5.41, 5.74) is 0. The van der Waals surface area contributed by atoms with Gasteiger partial charge in [0, 0.05) is 19.3 Å². The quantitative estimate of drug-likeness (QED) is 0.661. The van der Waals surface area contributed by atoms with Gasteiger partial charge in [-0.25, -0.2) is 0 Å². The normalized spacial score (nSPS) is 9.57. The molecular formula is C10H17NO3. The Morgan fingerprint density at radius 1 is 1.07 bits per heavy atom. The Kier molecular flexibility index (Phi) is 6.62. The molecule has 0 saturated carbocycles. The molecule has 1 N–H and O–H groups in total. The van der Waals surface area contributed by atoms with Crippen molar-refractivity contribution in [3.05, 3.63) is 0 Å². The van der Waals surface area contributed by atoms with Crippen LogP contribution in [0.1, 0.15) is 39.5 Å². The van der Waals surface area contributed by atoms with Gasteiger partial charge in [0.1, 0.15) is 11.6 Å². The first-order valence-electron chi connectivity index (χ1n) is 4.84. The van der Waals surface area contributed by atoms with E-state index in [1.165, 1.54) is 6.92 Å². The van der Waals surface area contributed by atoms with Gasteiger partial charge in [0.2, 0.25) is 5.91 Å². The van der Waals surface area contributed by atoms with Gasteiger partial charge >= 0.3 is 0 Å². The molecule has 0 aromatic rings. The number of carbonyl (C=O) groups excluding carboxylic acids is 3. The Labute approximate surface area is 84.1 Å². The van der Waals surface area contributed by atoms with Crippen LogP contribution >= 0.6 is 0 Å². The maximum Gasteiger partial charge on any atom is 0.220 e. The number of hydrogen-bond donors (Lipinski definition) is 1. The number of amides is 1. The lowest BCUT2D eigenvalue weighted by Gasteiger charge is -2.01. The first kappa shape index (κ1) is 12.8. The van der Waals surface area contributed by atoms with Crippen molar-refractivity contribution in [1.29, 1.82) is 0 Å². The van der Waals surface area contributed by atoms with Gasteiger partial charge in [-0.2, -0.15) is 0 Å². The molecule has 14 heavy (non-hydrogen) atoms. The number of nitrogens with one attached hydrogen (secondary N) is 1. The van der Waals surface area contributed by atoms with E-state index in [0.29, 0.717) is 6.42 Å². The topological polar surface area (TPSA) is 63.2 Å². The second kappa shape index (κ2) is 7.24. The second-order valence-electron chi connectivity index (χ2n) is 3.27. The molecule has 0 aliphatic rings. The average molecular weight is 199 g/mol. The predicted octanol–water partition coefficient (Wildman–Crippen LogP) is 0.841. The van der Waals surface area contributed by atoms with E-state index in [1.54, 1.807) is 0 Å². The summed E-state index contributed by atoms with van der Waals surface area (Å²) in [7, 11) is 0. The van der Waals surface area contributed by atoms with Crippen LogP contribution in [0.5, 0.6) is 0 Å². The molecule has 0 spiro atoms. The smallest absolute Gasteiger partial charge is 0.220 e. The number of carbonyl (C=O) groups is 3. The monoisotopic (exact) mass is 199 g/mol. The second-order valence-corrected chi connectivity index (χ2v) is 3.27. The Hall–Kier alpha value is -1.19. The summed E-state index contributed by atoms with van der Waals surface area (Å²) in [6.45, 7) is 3.39. The van der Waals surface area contributed by atoms with Gasteiger partial charge in [0.15, 0.2) is 0 Å². The summed E-state index contributed by atoms with van der Waals surface area (Å²) in [6.07, 6.45) is 1.80. The SMILES string of the molecule is CCCC(=O)CCC(=O)NCC(C)=O. The van der Waals surface area contributed by atoms with Crippen LogP contribution in [-0.2, 0) is 14.4 Å². The van der Waals surface area contributed by atoms with Gasteiger partial charge in [-0.3, -0.25) is 14.4 Å². The molecule has 4 nitrogen and oxygen atoms in total. The Morgan fingerprint density at radius 3 is 2.21 bits per heavy atom. The van der Waals surface area contributed by atoms with Crippen LogP contribution in [0.15, 0.2) is 0 Å². The highest BCUT2D eigenvalue weighted by Crippen LogP contribution is 1.97. The summed E-state index contributed by atoms with van der Waals surface area (Å²) in [6, 6.07) is 0.